The summed E-state index contributed by atoms with van der Waals surface area (Å²) >= 11 is 0. The van der Waals surface area contributed by atoms with E-state index in [1.807, 2.05) is 18.2 Å². The highest BCUT2D eigenvalue weighted by Gasteiger charge is 2.41. The van der Waals surface area contributed by atoms with Gasteiger partial charge in [-0.25, -0.2) is 8.78 Å². The van der Waals surface area contributed by atoms with E-state index >= 15 is 0 Å². The molecule has 0 aliphatic rings. The van der Waals surface area contributed by atoms with Gasteiger partial charge in [0.2, 0.25) is 0 Å². The van der Waals surface area contributed by atoms with E-state index in [0.717, 1.165) is 0 Å². The Morgan fingerprint density at radius 1 is 0.844 bits per heavy atom. The van der Waals surface area contributed by atoms with Crippen molar-refractivity contribution in [2.75, 3.05) is 13.2 Å². The summed E-state index contributed by atoms with van der Waals surface area (Å²) in [7, 11) is 0. The van der Waals surface area contributed by atoms with E-state index in [4.69, 9.17) is 14.2 Å². The SMILES string of the molecule is CCOc1c(F)cc([C@@H](COCc2cccc(Oc3ccccc3)c2)C(F)(F)F)cc1F. The zero-order chi connectivity index (χ0) is 23.1. The van der Waals surface area contributed by atoms with Gasteiger partial charge in [0.05, 0.1) is 19.8 Å². The second kappa shape index (κ2) is 10.5. The van der Waals surface area contributed by atoms with E-state index in [0.29, 0.717) is 29.2 Å². The van der Waals surface area contributed by atoms with Crippen molar-refractivity contribution in [2.45, 2.75) is 25.6 Å². The number of halogens is 5. The van der Waals surface area contributed by atoms with Crippen LogP contribution in [0.5, 0.6) is 17.2 Å². The molecule has 170 valence electrons. The maximum atomic E-state index is 14.1. The average Bonchev–Trinajstić information content (AvgIpc) is 2.74. The number of para-hydroxylation sites is 1. The van der Waals surface area contributed by atoms with Gasteiger partial charge >= 0.3 is 6.18 Å². The van der Waals surface area contributed by atoms with Crippen LogP contribution in [-0.4, -0.2) is 19.4 Å². The Balaban J connectivity index is 1.69. The second-order valence-electron chi connectivity index (χ2n) is 6.92. The molecule has 0 heterocycles. The molecular weight excluding hydrogens is 431 g/mol. The zero-order valence-electron chi connectivity index (χ0n) is 17.2. The summed E-state index contributed by atoms with van der Waals surface area (Å²) < 4.78 is 84.6. The fraction of sp³-hybridized carbons (Fsp3) is 0.250. The summed E-state index contributed by atoms with van der Waals surface area (Å²) in [6.45, 7) is 0.547. The molecule has 0 saturated heterocycles. The Kier molecular flexibility index (Phi) is 7.69. The molecule has 3 aromatic rings. The molecule has 0 saturated carbocycles. The van der Waals surface area contributed by atoms with Crippen molar-refractivity contribution in [3.8, 4) is 17.2 Å². The van der Waals surface area contributed by atoms with Gasteiger partial charge in [-0.3, -0.25) is 0 Å². The van der Waals surface area contributed by atoms with Crippen molar-refractivity contribution in [1.29, 1.82) is 0 Å². The van der Waals surface area contributed by atoms with E-state index in [1.54, 1.807) is 36.4 Å². The van der Waals surface area contributed by atoms with Gasteiger partial charge < -0.3 is 14.2 Å². The van der Waals surface area contributed by atoms with Crippen molar-refractivity contribution in [1.82, 2.24) is 0 Å². The Labute approximate surface area is 182 Å². The van der Waals surface area contributed by atoms with Crippen LogP contribution < -0.4 is 9.47 Å². The fourth-order valence-corrected chi connectivity index (χ4v) is 3.06. The fourth-order valence-electron chi connectivity index (χ4n) is 3.06. The lowest BCUT2D eigenvalue weighted by atomic mass is 9.98. The second-order valence-corrected chi connectivity index (χ2v) is 6.92. The van der Waals surface area contributed by atoms with E-state index in [2.05, 4.69) is 0 Å². The monoisotopic (exact) mass is 452 g/mol. The molecule has 0 fully saturated rings. The molecule has 8 heteroatoms. The number of ether oxygens (including phenoxy) is 3. The highest BCUT2D eigenvalue weighted by molar-refractivity contribution is 5.35. The van der Waals surface area contributed by atoms with Crippen molar-refractivity contribution >= 4 is 0 Å². The first-order valence-electron chi connectivity index (χ1n) is 9.86. The lowest BCUT2D eigenvalue weighted by molar-refractivity contribution is -0.163. The van der Waals surface area contributed by atoms with Gasteiger partial charge in [-0.15, -0.1) is 0 Å². The Morgan fingerprint density at radius 2 is 1.50 bits per heavy atom. The van der Waals surface area contributed by atoms with Gasteiger partial charge in [0.25, 0.3) is 0 Å². The molecule has 0 aromatic heterocycles. The lowest BCUT2D eigenvalue weighted by Crippen LogP contribution is -2.26. The Hall–Kier alpha value is -3.13. The minimum atomic E-state index is -4.76. The molecule has 3 nitrogen and oxygen atoms in total. The summed E-state index contributed by atoms with van der Waals surface area (Å²) in [5, 5.41) is 0. The summed E-state index contributed by atoms with van der Waals surface area (Å²) in [5.74, 6) is -4.18. The van der Waals surface area contributed by atoms with Crippen LogP contribution in [0.3, 0.4) is 0 Å². The van der Waals surface area contributed by atoms with E-state index in [9.17, 15) is 22.0 Å². The van der Waals surface area contributed by atoms with Crippen LogP contribution in [-0.2, 0) is 11.3 Å². The molecule has 3 rings (SSSR count). The third-order valence-corrected chi connectivity index (χ3v) is 4.54. The van der Waals surface area contributed by atoms with Gasteiger partial charge in [-0.2, -0.15) is 13.2 Å². The standard InChI is InChI=1S/C24H21F5O3/c1-2-31-23-21(25)12-17(13-22(23)26)20(24(27,28)29)15-30-14-16-7-6-10-19(11-16)32-18-8-4-3-5-9-18/h3-13,20H,2,14-15H2,1H3/t20-/m1/s1. The smallest absolute Gasteiger partial charge is 0.397 e. The summed E-state index contributed by atoms with van der Waals surface area (Å²) in [5.41, 5.74) is 0.0144. The topological polar surface area (TPSA) is 27.7 Å². The quantitative estimate of drug-likeness (QED) is 0.327. The van der Waals surface area contributed by atoms with Crippen LogP contribution in [0.15, 0.2) is 66.7 Å². The summed E-state index contributed by atoms with van der Waals surface area (Å²) in [4.78, 5) is 0. The van der Waals surface area contributed by atoms with Crippen LogP contribution in [0.1, 0.15) is 24.0 Å². The summed E-state index contributed by atoms with van der Waals surface area (Å²) in [6, 6.07) is 17.0. The van der Waals surface area contributed by atoms with Crippen LogP contribution in [0.4, 0.5) is 22.0 Å². The van der Waals surface area contributed by atoms with Gasteiger partial charge in [0.1, 0.15) is 17.4 Å². The Morgan fingerprint density at radius 3 is 2.12 bits per heavy atom. The highest BCUT2D eigenvalue weighted by Crippen LogP contribution is 2.37. The van der Waals surface area contributed by atoms with Gasteiger partial charge in [-0.1, -0.05) is 30.3 Å². The minimum absolute atomic E-state index is 0.0218. The normalized spacial score (nSPS) is 12.4. The first-order valence-corrected chi connectivity index (χ1v) is 9.86. The molecule has 0 bridgehead atoms. The number of alkyl halides is 3. The number of benzene rings is 3. The third kappa shape index (κ3) is 6.20. The summed E-state index contributed by atoms with van der Waals surface area (Å²) in [6.07, 6.45) is -4.76. The first kappa shape index (κ1) is 23.5. The van der Waals surface area contributed by atoms with Crippen molar-refractivity contribution in [3.05, 3.63) is 89.5 Å². The maximum Gasteiger partial charge on any atom is 0.397 e. The van der Waals surface area contributed by atoms with Crippen molar-refractivity contribution < 1.29 is 36.2 Å². The number of rotatable bonds is 9. The molecule has 0 unspecified atom stereocenters. The van der Waals surface area contributed by atoms with E-state index in [-0.39, 0.29) is 13.2 Å². The van der Waals surface area contributed by atoms with Crippen molar-refractivity contribution in [3.63, 3.8) is 0 Å². The van der Waals surface area contributed by atoms with Crippen LogP contribution in [0.25, 0.3) is 0 Å². The van der Waals surface area contributed by atoms with Gasteiger partial charge in [-0.05, 0) is 54.4 Å². The molecule has 32 heavy (non-hydrogen) atoms. The average molecular weight is 452 g/mol. The van der Waals surface area contributed by atoms with Gasteiger partial charge in [0.15, 0.2) is 17.4 Å². The predicted molar refractivity (Wildman–Crippen MR) is 109 cm³/mol. The van der Waals surface area contributed by atoms with Crippen molar-refractivity contribution in [2.24, 2.45) is 0 Å². The van der Waals surface area contributed by atoms with Crippen LogP contribution in [0, 0.1) is 11.6 Å². The molecule has 0 aliphatic heterocycles. The van der Waals surface area contributed by atoms with Crippen LogP contribution >= 0.6 is 0 Å². The zero-order valence-corrected chi connectivity index (χ0v) is 17.2. The van der Waals surface area contributed by atoms with Gasteiger partial charge in [0, 0.05) is 0 Å². The molecule has 1 atom stereocenters. The number of hydrogen-bond donors (Lipinski definition) is 0. The highest BCUT2D eigenvalue weighted by atomic mass is 19.4. The Bertz CT molecular complexity index is 999. The molecule has 0 N–H and O–H groups in total. The van der Waals surface area contributed by atoms with Crippen LogP contribution in [0.2, 0.25) is 0 Å². The van der Waals surface area contributed by atoms with E-state index in [1.165, 1.54) is 6.92 Å². The largest absolute Gasteiger partial charge is 0.488 e. The molecular formula is C24H21F5O3. The first-order chi connectivity index (χ1) is 15.3. The molecule has 0 aliphatic carbocycles. The lowest BCUT2D eigenvalue weighted by Gasteiger charge is -2.21. The van der Waals surface area contributed by atoms with E-state index < -0.39 is 41.6 Å². The molecule has 0 spiro atoms. The molecule has 0 amide bonds. The minimum Gasteiger partial charge on any atom is -0.488 e. The third-order valence-electron chi connectivity index (χ3n) is 4.54. The molecule has 0 radical (unpaired) electrons. The number of hydrogen-bond acceptors (Lipinski definition) is 3. The predicted octanol–water partition coefficient (Wildman–Crippen LogP) is 7.02. The maximum absolute atomic E-state index is 14.1. The molecule has 3 aromatic carbocycles.